The molecule has 4 heteroatoms. The first-order valence-electron chi connectivity index (χ1n) is 7.80. The first-order chi connectivity index (χ1) is 11.8. The summed E-state index contributed by atoms with van der Waals surface area (Å²) in [6.45, 7) is 2.06. The molecular weight excluding hydrogens is 316 g/mol. The zero-order valence-electron chi connectivity index (χ0n) is 13.3. The van der Waals surface area contributed by atoms with Crippen molar-refractivity contribution in [1.29, 1.82) is 0 Å². The molecule has 0 unspecified atom stereocenters. The second-order valence-corrected chi connectivity index (χ2v) is 6.60. The molecule has 1 aromatic heterocycles. The highest BCUT2D eigenvalue weighted by molar-refractivity contribution is 7.98. The number of aryl methyl sites for hydroxylation is 1. The van der Waals surface area contributed by atoms with Crippen LogP contribution in [0.1, 0.15) is 11.1 Å². The van der Waals surface area contributed by atoms with Crippen molar-refractivity contribution >= 4 is 22.5 Å². The Morgan fingerprint density at radius 2 is 1.71 bits per heavy atom. The van der Waals surface area contributed by atoms with E-state index in [4.69, 9.17) is 4.52 Å². The standard InChI is InChI=1S/C20H16N2OS/c1-14-9-11-16(12-10-14)19-21-20(23-22-19)24-13-17-7-4-6-15-5-2-3-8-18(15)17/h2-12H,13H2,1H3. The summed E-state index contributed by atoms with van der Waals surface area (Å²) in [5.74, 6) is 1.44. The molecule has 4 aromatic rings. The van der Waals surface area contributed by atoms with E-state index in [1.165, 1.54) is 21.9 Å². The predicted octanol–water partition coefficient (Wildman–Crippen LogP) is 5.49. The number of rotatable bonds is 4. The Hall–Kier alpha value is -2.59. The SMILES string of the molecule is Cc1ccc(-c2noc(SCc3cccc4ccccc34)n2)cc1. The van der Waals surface area contributed by atoms with Crippen LogP contribution in [0.5, 0.6) is 0 Å². The van der Waals surface area contributed by atoms with Gasteiger partial charge in [-0.15, -0.1) is 0 Å². The van der Waals surface area contributed by atoms with Crippen LogP contribution in [0.4, 0.5) is 0 Å². The molecule has 118 valence electrons. The van der Waals surface area contributed by atoms with Gasteiger partial charge >= 0.3 is 0 Å². The van der Waals surface area contributed by atoms with Crippen molar-refractivity contribution in [1.82, 2.24) is 10.1 Å². The highest BCUT2D eigenvalue weighted by atomic mass is 32.2. The molecule has 0 amide bonds. The molecule has 0 atom stereocenters. The molecule has 1 heterocycles. The quantitative estimate of drug-likeness (QED) is 0.463. The fourth-order valence-electron chi connectivity index (χ4n) is 2.65. The van der Waals surface area contributed by atoms with Gasteiger partial charge in [-0.05, 0) is 23.3 Å². The first kappa shape index (κ1) is 15.0. The highest BCUT2D eigenvalue weighted by Gasteiger charge is 2.10. The Balaban J connectivity index is 1.53. The van der Waals surface area contributed by atoms with Crippen LogP contribution in [-0.4, -0.2) is 10.1 Å². The van der Waals surface area contributed by atoms with E-state index in [9.17, 15) is 0 Å². The summed E-state index contributed by atoms with van der Waals surface area (Å²) in [5, 5.41) is 7.20. The van der Waals surface area contributed by atoms with Crippen molar-refractivity contribution < 1.29 is 4.52 Å². The molecule has 0 bridgehead atoms. The maximum absolute atomic E-state index is 5.38. The minimum atomic E-state index is 0.596. The molecule has 0 aliphatic heterocycles. The van der Waals surface area contributed by atoms with E-state index < -0.39 is 0 Å². The molecule has 0 N–H and O–H groups in total. The minimum absolute atomic E-state index is 0.596. The number of thioether (sulfide) groups is 1. The van der Waals surface area contributed by atoms with E-state index in [0.717, 1.165) is 11.3 Å². The normalized spacial score (nSPS) is 11.0. The second kappa shape index (κ2) is 6.49. The van der Waals surface area contributed by atoms with Gasteiger partial charge in [0.1, 0.15) is 0 Å². The summed E-state index contributed by atoms with van der Waals surface area (Å²) < 4.78 is 5.38. The van der Waals surface area contributed by atoms with Crippen LogP contribution in [0, 0.1) is 6.92 Å². The third-order valence-corrected chi connectivity index (χ3v) is 4.82. The molecule has 0 saturated carbocycles. The lowest BCUT2D eigenvalue weighted by Crippen LogP contribution is -1.84. The Morgan fingerprint density at radius 1 is 0.917 bits per heavy atom. The lowest BCUT2D eigenvalue weighted by Gasteiger charge is -2.04. The zero-order valence-corrected chi connectivity index (χ0v) is 14.1. The molecule has 0 saturated heterocycles. The number of hydrogen-bond acceptors (Lipinski definition) is 4. The van der Waals surface area contributed by atoms with E-state index in [1.54, 1.807) is 11.8 Å². The van der Waals surface area contributed by atoms with E-state index >= 15 is 0 Å². The van der Waals surface area contributed by atoms with Crippen LogP contribution in [0.3, 0.4) is 0 Å². The monoisotopic (exact) mass is 332 g/mol. The van der Waals surface area contributed by atoms with Crippen molar-refractivity contribution in [2.24, 2.45) is 0 Å². The van der Waals surface area contributed by atoms with Crippen molar-refractivity contribution in [3.8, 4) is 11.4 Å². The molecule has 24 heavy (non-hydrogen) atoms. The van der Waals surface area contributed by atoms with Crippen LogP contribution in [0.15, 0.2) is 76.5 Å². The summed E-state index contributed by atoms with van der Waals surface area (Å²) in [7, 11) is 0. The third kappa shape index (κ3) is 3.05. The molecule has 0 aliphatic rings. The largest absolute Gasteiger partial charge is 0.327 e. The Morgan fingerprint density at radius 3 is 2.58 bits per heavy atom. The van der Waals surface area contributed by atoms with Gasteiger partial charge in [0.2, 0.25) is 5.82 Å². The number of fused-ring (bicyclic) bond motifs is 1. The summed E-state index contributed by atoms with van der Waals surface area (Å²) in [5.41, 5.74) is 3.46. The summed E-state index contributed by atoms with van der Waals surface area (Å²) >= 11 is 1.57. The fourth-order valence-corrected chi connectivity index (χ4v) is 3.42. The average Bonchev–Trinajstić information content (AvgIpc) is 3.09. The van der Waals surface area contributed by atoms with Crippen molar-refractivity contribution in [3.05, 3.63) is 77.9 Å². The van der Waals surface area contributed by atoms with Crippen LogP contribution in [0.2, 0.25) is 0 Å². The maximum atomic E-state index is 5.38. The molecular formula is C20H16N2OS. The van der Waals surface area contributed by atoms with E-state index in [2.05, 4.69) is 71.7 Å². The Bertz CT molecular complexity index is 971. The van der Waals surface area contributed by atoms with Gasteiger partial charge in [-0.2, -0.15) is 4.98 Å². The summed E-state index contributed by atoms with van der Waals surface area (Å²) in [4.78, 5) is 4.49. The topological polar surface area (TPSA) is 38.9 Å². The van der Waals surface area contributed by atoms with Gasteiger partial charge < -0.3 is 4.52 Å². The Kier molecular flexibility index (Phi) is 4.05. The van der Waals surface area contributed by atoms with Crippen LogP contribution < -0.4 is 0 Å². The van der Waals surface area contributed by atoms with E-state index in [0.29, 0.717) is 11.0 Å². The zero-order chi connectivity index (χ0) is 16.4. The van der Waals surface area contributed by atoms with Crippen molar-refractivity contribution in [2.45, 2.75) is 17.9 Å². The smallest absolute Gasteiger partial charge is 0.286 e. The van der Waals surface area contributed by atoms with Crippen molar-refractivity contribution in [3.63, 3.8) is 0 Å². The number of hydrogen-bond donors (Lipinski definition) is 0. The molecule has 0 spiro atoms. The fraction of sp³-hybridized carbons (Fsp3) is 0.100. The minimum Gasteiger partial charge on any atom is -0.327 e. The van der Waals surface area contributed by atoms with Gasteiger partial charge in [0.25, 0.3) is 5.22 Å². The van der Waals surface area contributed by atoms with E-state index in [1.807, 2.05) is 12.1 Å². The summed E-state index contributed by atoms with van der Waals surface area (Å²) in [6, 6.07) is 22.9. The van der Waals surface area contributed by atoms with Crippen LogP contribution in [0.25, 0.3) is 22.2 Å². The van der Waals surface area contributed by atoms with Gasteiger partial charge in [0.15, 0.2) is 0 Å². The first-order valence-corrected chi connectivity index (χ1v) is 8.78. The number of benzene rings is 3. The molecule has 3 aromatic carbocycles. The lowest BCUT2D eigenvalue weighted by molar-refractivity contribution is 0.341. The number of nitrogens with zero attached hydrogens (tertiary/aromatic N) is 2. The highest BCUT2D eigenvalue weighted by Crippen LogP contribution is 2.28. The van der Waals surface area contributed by atoms with Gasteiger partial charge in [-0.25, -0.2) is 0 Å². The average molecular weight is 332 g/mol. The molecule has 3 nitrogen and oxygen atoms in total. The van der Waals surface area contributed by atoms with Crippen LogP contribution >= 0.6 is 11.8 Å². The van der Waals surface area contributed by atoms with E-state index in [-0.39, 0.29) is 0 Å². The molecule has 0 fully saturated rings. The van der Waals surface area contributed by atoms with Crippen molar-refractivity contribution in [2.75, 3.05) is 0 Å². The van der Waals surface area contributed by atoms with Gasteiger partial charge in [0.05, 0.1) is 0 Å². The molecule has 0 aliphatic carbocycles. The Labute approximate surface area is 144 Å². The van der Waals surface area contributed by atoms with Gasteiger partial charge in [-0.1, -0.05) is 89.2 Å². The lowest BCUT2D eigenvalue weighted by atomic mass is 10.1. The molecule has 4 rings (SSSR count). The van der Waals surface area contributed by atoms with Gasteiger partial charge in [-0.3, -0.25) is 0 Å². The third-order valence-electron chi connectivity index (χ3n) is 3.95. The summed E-state index contributed by atoms with van der Waals surface area (Å²) in [6.07, 6.45) is 0. The van der Waals surface area contributed by atoms with Gasteiger partial charge in [0, 0.05) is 11.3 Å². The maximum Gasteiger partial charge on any atom is 0.286 e. The van der Waals surface area contributed by atoms with Crippen LogP contribution in [-0.2, 0) is 5.75 Å². The molecule has 0 radical (unpaired) electrons. The number of aromatic nitrogens is 2. The predicted molar refractivity (Wildman–Crippen MR) is 98.0 cm³/mol. The second-order valence-electron chi connectivity index (χ2n) is 5.68.